The number of sulfonamides is 1. The maximum absolute atomic E-state index is 13.6. The van der Waals surface area contributed by atoms with E-state index in [1.807, 2.05) is 4.90 Å². The first-order chi connectivity index (χ1) is 17.8. The molecule has 1 aromatic carbocycles. The molecule has 1 N–H and O–H groups in total. The summed E-state index contributed by atoms with van der Waals surface area (Å²) in [5, 5.41) is 0. The van der Waals surface area contributed by atoms with E-state index in [0.717, 1.165) is 39.0 Å². The molecule has 0 spiro atoms. The summed E-state index contributed by atoms with van der Waals surface area (Å²) in [5.74, 6) is 0.656. The standard InChI is InChI=1S/C27H44N4O5S/c1-22-18-25(35-3)19-23(2)27(22)37(33,34)31-13-6-8-24(31)20-36-21-26(32)30-16-14-29(15-17-30)12-7-11-28-9-4-5-10-28/h18-19,24H,4-17,20-21H2,1-3H3/p+1/t24-/m0/s1. The molecular formula is C27H45N4O5S+. The number of piperazine rings is 1. The van der Waals surface area contributed by atoms with Crippen molar-refractivity contribution in [2.24, 2.45) is 0 Å². The topological polar surface area (TPSA) is 83.8 Å². The first-order valence-electron chi connectivity index (χ1n) is 13.9. The maximum Gasteiger partial charge on any atom is 0.248 e. The van der Waals surface area contributed by atoms with Crippen LogP contribution in [0.3, 0.4) is 0 Å². The third-order valence-corrected chi connectivity index (χ3v) is 10.4. The number of hydrogen-bond donors (Lipinski definition) is 1. The lowest BCUT2D eigenvalue weighted by molar-refractivity contribution is -0.904. The van der Waals surface area contributed by atoms with Crippen molar-refractivity contribution < 1.29 is 27.6 Å². The predicted molar refractivity (Wildman–Crippen MR) is 143 cm³/mol. The van der Waals surface area contributed by atoms with E-state index in [4.69, 9.17) is 9.47 Å². The van der Waals surface area contributed by atoms with Crippen LogP contribution in [0.1, 0.15) is 43.2 Å². The number of ether oxygens (including phenoxy) is 2. The third kappa shape index (κ3) is 7.03. The van der Waals surface area contributed by atoms with Crippen molar-refractivity contribution in [1.29, 1.82) is 0 Å². The lowest BCUT2D eigenvalue weighted by atomic mass is 10.1. The molecule has 0 bridgehead atoms. The molecule has 3 saturated heterocycles. The molecule has 0 radical (unpaired) electrons. The molecule has 3 heterocycles. The molecule has 0 aromatic heterocycles. The number of rotatable bonds is 11. The Balaban J connectivity index is 1.22. The highest BCUT2D eigenvalue weighted by Crippen LogP contribution is 2.32. The molecule has 0 saturated carbocycles. The first kappa shape index (κ1) is 28.3. The largest absolute Gasteiger partial charge is 0.497 e. The number of amides is 1. The Morgan fingerprint density at radius 2 is 1.70 bits per heavy atom. The molecule has 3 fully saturated rings. The zero-order chi connectivity index (χ0) is 26.4. The summed E-state index contributed by atoms with van der Waals surface area (Å²) >= 11 is 0. The SMILES string of the molecule is COc1cc(C)c(S(=O)(=O)N2CCC[C@H]2COCC(=O)N2CC[NH+](CCCN3CCCC3)CC2)c(C)c1. The van der Waals surface area contributed by atoms with E-state index in [2.05, 4.69) is 4.90 Å². The van der Waals surface area contributed by atoms with Crippen LogP contribution < -0.4 is 9.64 Å². The molecule has 1 amide bonds. The molecule has 0 aliphatic carbocycles. The smallest absolute Gasteiger partial charge is 0.248 e. The number of hydrogen-bond acceptors (Lipinski definition) is 6. The molecule has 1 aromatic rings. The Labute approximate surface area is 222 Å². The van der Waals surface area contributed by atoms with Gasteiger partial charge in [0, 0.05) is 25.6 Å². The number of benzene rings is 1. The fourth-order valence-corrected chi connectivity index (χ4v) is 8.19. The minimum Gasteiger partial charge on any atom is -0.497 e. The van der Waals surface area contributed by atoms with Crippen molar-refractivity contribution in [3.05, 3.63) is 23.3 Å². The molecule has 4 rings (SSSR count). The van der Waals surface area contributed by atoms with Gasteiger partial charge in [0.2, 0.25) is 15.9 Å². The predicted octanol–water partition coefficient (Wildman–Crippen LogP) is 0.695. The van der Waals surface area contributed by atoms with Crippen LogP contribution in [0.5, 0.6) is 5.75 Å². The molecular weight excluding hydrogens is 492 g/mol. The average molecular weight is 538 g/mol. The highest BCUT2D eigenvalue weighted by Gasteiger charge is 2.37. The molecule has 3 aliphatic rings. The van der Waals surface area contributed by atoms with Gasteiger partial charge in [0.25, 0.3) is 0 Å². The van der Waals surface area contributed by atoms with Crippen LogP contribution in [0.15, 0.2) is 17.0 Å². The van der Waals surface area contributed by atoms with Crippen LogP contribution in [0.4, 0.5) is 0 Å². The van der Waals surface area contributed by atoms with Gasteiger partial charge in [-0.1, -0.05) is 0 Å². The summed E-state index contributed by atoms with van der Waals surface area (Å²) in [7, 11) is -2.09. The fraction of sp³-hybridized carbons (Fsp3) is 0.741. The lowest BCUT2D eigenvalue weighted by Crippen LogP contribution is -3.14. The van der Waals surface area contributed by atoms with Gasteiger partial charge in [0.15, 0.2) is 0 Å². The molecule has 10 heteroatoms. The van der Waals surface area contributed by atoms with Crippen LogP contribution in [0.2, 0.25) is 0 Å². The first-order valence-corrected chi connectivity index (χ1v) is 15.3. The molecule has 3 aliphatic heterocycles. The van der Waals surface area contributed by atoms with Crippen molar-refractivity contribution >= 4 is 15.9 Å². The van der Waals surface area contributed by atoms with Crippen molar-refractivity contribution in [2.45, 2.75) is 56.9 Å². The molecule has 208 valence electrons. The van der Waals surface area contributed by atoms with Gasteiger partial charge in [-0.15, -0.1) is 0 Å². The number of quaternary nitrogens is 1. The second-order valence-corrected chi connectivity index (χ2v) is 12.6. The van der Waals surface area contributed by atoms with Gasteiger partial charge < -0.3 is 24.2 Å². The summed E-state index contributed by atoms with van der Waals surface area (Å²) in [6.07, 6.45) is 5.43. The Bertz CT molecular complexity index is 997. The Kier molecular flexibility index (Phi) is 9.85. The van der Waals surface area contributed by atoms with Gasteiger partial charge >= 0.3 is 0 Å². The lowest BCUT2D eigenvalue weighted by Gasteiger charge is -2.32. The Morgan fingerprint density at radius 1 is 1.03 bits per heavy atom. The van der Waals surface area contributed by atoms with E-state index in [9.17, 15) is 13.2 Å². The zero-order valence-corrected chi connectivity index (χ0v) is 23.7. The number of likely N-dealkylation sites (tertiary alicyclic amines) is 1. The van der Waals surface area contributed by atoms with Crippen molar-refractivity contribution in [1.82, 2.24) is 14.1 Å². The minimum absolute atomic E-state index is 0.00497. The van der Waals surface area contributed by atoms with Gasteiger partial charge in [0.05, 0.1) is 51.3 Å². The summed E-state index contributed by atoms with van der Waals surface area (Å²) in [5.41, 5.74) is 1.35. The van der Waals surface area contributed by atoms with Crippen LogP contribution in [0, 0.1) is 13.8 Å². The van der Waals surface area contributed by atoms with E-state index in [-0.39, 0.29) is 25.2 Å². The van der Waals surface area contributed by atoms with Gasteiger partial charge in [-0.2, -0.15) is 4.31 Å². The fourth-order valence-electron chi connectivity index (χ4n) is 6.10. The quantitative estimate of drug-likeness (QED) is 0.447. The highest BCUT2D eigenvalue weighted by molar-refractivity contribution is 7.89. The number of methoxy groups -OCH3 is 1. The number of carbonyl (C=O) groups is 1. The van der Waals surface area contributed by atoms with Crippen LogP contribution in [-0.2, 0) is 19.6 Å². The van der Waals surface area contributed by atoms with Crippen LogP contribution >= 0.6 is 0 Å². The molecule has 9 nitrogen and oxygen atoms in total. The summed E-state index contributed by atoms with van der Waals surface area (Å²) in [4.78, 5) is 19.1. The van der Waals surface area contributed by atoms with E-state index in [1.165, 1.54) is 45.4 Å². The second kappa shape index (κ2) is 12.9. The minimum atomic E-state index is -3.67. The summed E-state index contributed by atoms with van der Waals surface area (Å²) in [6.45, 7) is 12.7. The Hall–Kier alpha value is -1.72. The second-order valence-electron chi connectivity index (χ2n) is 10.8. The Morgan fingerprint density at radius 3 is 2.35 bits per heavy atom. The van der Waals surface area contributed by atoms with Crippen molar-refractivity contribution in [2.75, 3.05) is 79.2 Å². The normalized spacial score (nSPS) is 22.1. The number of nitrogens with zero attached hydrogens (tertiary/aromatic N) is 3. The van der Waals surface area contributed by atoms with Crippen molar-refractivity contribution in [3.63, 3.8) is 0 Å². The van der Waals surface area contributed by atoms with E-state index in [1.54, 1.807) is 42.3 Å². The zero-order valence-electron chi connectivity index (χ0n) is 22.8. The molecule has 37 heavy (non-hydrogen) atoms. The van der Waals surface area contributed by atoms with Crippen LogP contribution in [-0.4, -0.2) is 114 Å². The van der Waals surface area contributed by atoms with Gasteiger partial charge in [-0.05, 0) is 75.9 Å². The van der Waals surface area contributed by atoms with Crippen LogP contribution in [0.25, 0.3) is 0 Å². The van der Waals surface area contributed by atoms with Gasteiger partial charge in [-0.25, -0.2) is 8.42 Å². The maximum atomic E-state index is 13.6. The van der Waals surface area contributed by atoms with Crippen molar-refractivity contribution in [3.8, 4) is 5.75 Å². The van der Waals surface area contributed by atoms with Gasteiger partial charge in [0.1, 0.15) is 12.4 Å². The van der Waals surface area contributed by atoms with E-state index >= 15 is 0 Å². The monoisotopic (exact) mass is 537 g/mol. The number of carbonyl (C=O) groups excluding carboxylic acids is 1. The molecule has 1 atom stereocenters. The highest BCUT2D eigenvalue weighted by atomic mass is 32.2. The number of nitrogens with one attached hydrogen (secondary N) is 1. The van der Waals surface area contributed by atoms with Gasteiger partial charge in [-0.3, -0.25) is 4.79 Å². The van der Waals surface area contributed by atoms with E-state index in [0.29, 0.717) is 28.3 Å². The summed E-state index contributed by atoms with van der Waals surface area (Å²) in [6, 6.07) is 3.26. The van der Waals surface area contributed by atoms with E-state index < -0.39 is 10.0 Å². The average Bonchev–Trinajstić information content (AvgIpc) is 3.56. The summed E-state index contributed by atoms with van der Waals surface area (Å²) < 4.78 is 39.8. The molecule has 0 unspecified atom stereocenters. The number of aryl methyl sites for hydroxylation is 2. The third-order valence-electron chi connectivity index (χ3n) is 8.12.